The van der Waals surface area contributed by atoms with Crippen LogP contribution < -0.4 is 20.7 Å². The molecule has 0 spiro atoms. The van der Waals surface area contributed by atoms with Gasteiger partial charge in [-0.1, -0.05) is 36.4 Å². The van der Waals surface area contributed by atoms with Crippen LogP contribution in [0.4, 0.5) is 0 Å². The predicted octanol–water partition coefficient (Wildman–Crippen LogP) is 4.69. The number of hydrogen-bond acceptors (Lipinski definition) is 10. The molecule has 246 valence electrons. The molecule has 1 N–H and O–H groups in total. The van der Waals surface area contributed by atoms with E-state index >= 15 is 0 Å². The summed E-state index contributed by atoms with van der Waals surface area (Å²) in [4.78, 5) is 42.7. The molecule has 0 unspecified atom stereocenters. The number of thioether (sulfide) groups is 1. The third kappa shape index (κ3) is 7.52. The molecule has 0 aliphatic carbocycles. The lowest BCUT2D eigenvalue weighted by atomic mass is 10.1. The summed E-state index contributed by atoms with van der Waals surface area (Å²) in [6, 6.07) is 22.5. The zero-order valence-electron chi connectivity index (χ0n) is 25.9. The van der Waals surface area contributed by atoms with Crippen LogP contribution in [0.2, 0.25) is 0 Å². The number of methoxy groups -OCH3 is 1. The summed E-state index contributed by atoms with van der Waals surface area (Å²) in [6.45, 7) is 1.01. The van der Waals surface area contributed by atoms with Crippen molar-refractivity contribution in [2.75, 3.05) is 26.8 Å². The van der Waals surface area contributed by atoms with Crippen LogP contribution >= 0.6 is 23.1 Å². The summed E-state index contributed by atoms with van der Waals surface area (Å²) in [6.07, 6.45) is 1.93. The predicted molar refractivity (Wildman–Crippen MR) is 183 cm³/mol. The molecule has 0 radical (unpaired) electrons. The van der Waals surface area contributed by atoms with Gasteiger partial charge < -0.3 is 14.2 Å². The van der Waals surface area contributed by atoms with Crippen LogP contribution in [0.1, 0.15) is 18.1 Å². The van der Waals surface area contributed by atoms with Crippen molar-refractivity contribution in [1.82, 2.24) is 13.9 Å². The van der Waals surface area contributed by atoms with Gasteiger partial charge in [0.15, 0.2) is 6.79 Å². The van der Waals surface area contributed by atoms with E-state index in [4.69, 9.17) is 14.2 Å². The maximum Gasteiger partial charge on any atom is 0.332 e. The first kappa shape index (κ1) is 34.1. The van der Waals surface area contributed by atoms with Crippen molar-refractivity contribution >= 4 is 49.3 Å². The van der Waals surface area contributed by atoms with Gasteiger partial charge in [-0.2, -0.15) is 0 Å². The molecule has 0 saturated heterocycles. The molecule has 47 heavy (non-hydrogen) atoms. The van der Waals surface area contributed by atoms with Gasteiger partial charge in [-0.3, -0.25) is 14.2 Å². The first-order valence-electron chi connectivity index (χ1n) is 14.5. The van der Waals surface area contributed by atoms with Crippen molar-refractivity contribution in [3.63, 3.8) is 0 Å². The zero-order chi connectivity index (χ0) is 33.6. The molecule has 5 aromatic rings. The van der Waals surface area contributed by atoms with Gasteiger partial charge in [0, 0.05) is 29.0 Å². The number of carbonyl (C=O) groups is 1. The van der Waals surface area contributed by atoms with Gasteiger partial charge >= 0.3 is 11.7 Å². The molecule has 0 bridgehead atoms. The first-order chi connectivity index (χ1) is 22.7. The number of ether oxygens (including phenoxy) is 3. The molecular formula is C33H33N3O8S3. The number of nitrogens with one attached hydrogen (secondary N) is 1. The number of fused-ring (bicyclic) bond motifs is 1. The van der Waals surface area contributed by atoms with Crippen LogP contribution in [0.15, 0.2) is 98.2 Å². The third-order valence-electron chi connectivity index (χ3n) is 7.22. The Kier molecular flexibility index (Phi) is 11.0. The van der Waals surface area contributed by atoms with Gasteiger partial charge in [-0.25, -0.2) is 22.5 Å². The molecule has 0 aliphatic rings. The molecule has 2 heterocycles. The Morgan fingerprint density at radius 3 is 2.34 bits per heavy atom. The summed E-state index contributed by atoms with van der Waals surface area (Å²) >= 11 is 2.72. The van der Waals surface area contributed by atoms with Crippen LogP contribution in [-0.4, -0.2) is 50.3 Å². The van der Waals surface area contributed by atoms with Crippen molar-refractivity contribution in [2.24, 2.45) is 0 Å². The number of esters is 1. The molecule has 0 fully saturated rings. The highest BCUT2D eigenvalue weighted by Crippen LogP contribution is 2.38. The lowest BCUT2D eigenvalue weighted by Gasteiger charge is -2.14. The highest BCUT2D eigenvalue weighted by molar-refractivity contribution is 7.98. The summed E-state index contributed by atoms with van der Waals surface area (Å²) in [5.74, 6) is -0.194. The van der Waals surface area contributed by atoms with Crippen molar-refractivity contribution in [1.29, 1.82) is 0 Å². The lowest BCUT2D eigenvalue weighted by molar-refractivity contribution is -0.143. The maximum atomic E-state index is 14.2. The van der Waals surface area contributed by atoms with E-state index in [9.17, 15) is 22.8 Å². The van der Waals surface area contributed by atoms with E-state index in [-0.39, 0.29) is 36.8 Å². The summed E-state index contributed by atoms with van der Waals surface area (Å²) < 4.78 is 47.2. The number of benzene rings is 3. The van der Waals surface area contributed by atoms with E-state index in [0.717, 1.165) is 15.0 Å². The normalized spacial score (nSPS) is 11.6. The van der Waals surface area contributed by atoms with Crippen LogP contribution in [0.25, 0.3) is 20.7 Å². The van der Waals surface area contributed by atoms with E-state index in [2.05, 4.69) is 4.72 Å². The fraction of sp³-hybridized carbons (Fsp3) is 0.242. The number of thiophene rings is 1. The second-order valence-corrected chi connectivity index (χ2v) is 13.8. The molecule has 0 atom stereocenters. The topological polar surface area (TPSA) is 135 Å². The van der Waals surface area contributed by atoms with Gasteiger partial charge in [0.05, 0.1) is 23.4 Å². The highest BCUT2D eigenvalue weighted by atomic mass is 32.2. The fourth-order valence-corrected chi connectivity index (χ4v) is 7.95. The van der Waals surface area contributed by atoms with Crippen LogP contribution in [-0.2, 0) is 43.9 Å². The SMILES string of the molecule is CCOC(=O)Cn1c(=O)c2c(CNS(=O)(=O)c3ccccc3)c(-c3ccc(OCOC)cc3)sc2n(Cc2ccccc2SC)c1=O. The average molecular weight is 696 g/mol. The average Bonchev–Trinajstić information content (AvgIpc) is 3.47. The van der Waals surface area contributed by atoms with Crippen molar-refractivity contribution < 1.29 is 27.4 Å². The number of sulfonamides is 1. The molecule has 0 amide bonds. The lowest BCUT2D eigenvalue weighted by Crippen LogP contribution is -2.42. The Bertz CT molecular complexity index is 2110. The Labute approximate surface area is 279 Å². The molecule has 14 heteroatoms. The second kappa shape index (κ2) is 15.1. The van der Waals surface area contributed by atoms with Gasteiger partial charge in [-0.05, 0) is 66.8 Å². The number of carbonyl (C=O) groups excluding carboxylic acids is 1. The minimum absolute atomic E-state index is 0.0541. The molecule has 3 aromatic carbocycles. The van der Waals surface area contributed by atoms with Crippen molar-refractivity contribution in [2.45, 2.75) is 36.3 Å². The Hall–Kier alpha value is -4.21. The zero-order valence-corrected chi connectivity index (χ0v) is 28.4. The molecular weight excluding hydrogens is 663 g/mol. The largest absolute Gasteiger partial charge is 0.468 e. The quantitative estimate of drug-likeness (QED) is 0.0998. The second-order valence-electron chi connectivity index (χ2n) is 10.2. The molecule has 2 aromatic heterocycles. The van der Waals surface area contributed by atoms with Crippen molar-refractivity contribution in [3.8, 4) is 16.2 Å². The summed E-state index contributed by atoms with van der Waals surface area (Å²) in [7, 11) is -2.47. The monoisotopic (exact) mass is 695 g/mol. The van der Waals surface area contributed by atoms with Gasteiger partial charge in [0.1, 0.15) is 17.1 Å². The van der Waals surface area contributed by atoms with Gasteiger partial charge in [-0.15, -0.1) is 23.1 Å². The number of aromatic nitrogens is 2. The fourth-order valence-electron chi connectivity index (χ4n) is 5.02. The Morgan fingerprint density at radius 2 is 1.66 bits per heavy atom. The third-order valence-corrected chi connectivity index (χ3v) is 10.8. The van der Waals surface area contributed by atoms with E-state index < -0.39 is 33.8 Å². The van der Waals surface area contributed by atoms with Gasteiger partial charge in [0.25, 0.3) is 5.56 Å². The van der Waals surface area contributed by atoms with E-state index in [0.29, 0.717) is 26.6 Å². The smallest absolute Gasteiger partial charge is 0.332 e. The Balaban J connectivity index is 1.75. The molecule has 5 rings (SSSR count). The number of hydrogen-bond donors (Lipinski definition) is 1. The standard InChI is InChI=1S/C33H33N3O8S3/c1-4-43-28(37)20-35-31(38)29-26(18-34-47(40,41)25-11-6-5-7-12-25)30(22-14-16-24(17-15-22)44-21-42-2)46-32(29)36(33(35)39)19-23-10-8-9-13-27(23)45-3/h5-17,34H,4,18-21H2,1-3H3. The van der Waals surface area contributed by atoms with Gasteiger partial charge in [0.2, 0.25) is 10.0 Å². The number of nitrogens with zero attached hydrogens (tertiary/aromatic N) is 2. The Morgan fingerprint density at radius 1 is 0.957 bits per heavy atom. The van der Waals surface area contributed by atoms with Crippen LogP contribution in [0.3, 0.4) is 0 Å². The van der Waals surface area contributed by atoms with Crippen LogP contribution in [0, 0.1) is 0 Å². The molecule has 0 aliphatic heterocycles. The van der Waals surface area contributed by atoms with E-state index in [1.807, 2.05) is 30.5 Å². The summed E-state index contributed by atoms with van der Waals surface area (Å²) in [5, 5.41) is 0.131. The van der Waals surface area contributed by atoms with E-state index in [1.165, 1.54) is 46.9 Å². The maximum absolute atomic E-state index is 14.2. The minimum atomic E-state index is -3.98. The minimum Gasteiger partial charge on any atom is -0.468 e. The van der Waals surface area contributed by atoms with Crippen LogP contribution in [0.5, 0.6) is 5.75 Å². The number of rotatable bonds is 14. The summed E-state index contributed by atoms with van der Waals surface area (Å²) in [5.41, 5.74) is 0.475. The molecule has 0 saturated carbocycles. The molecule has 11 nitrogen and oxygen atoms in total. The van der Waals surface area contributed by atoms with E-state index in [1.54, 1.807) is 49.4 Å². The highest BCUT2D eigenvalue weighted by Gasteiger charge is 2.26. The first-order valence-corrected chi connectivity index (χ1v) is 18.0. The van der Waals surface area contributed by atoms with Crippen molar-refractivity contribution in [3.05, 3.63) is 111 Å².